The smallest absolute Gasteiger partial charge is 0.254 e. The van der Waals surface area contributed by atoms with Crippen LogP contribution in [0.3, 0.4) is 0 Å². The summed E-state index contributed by atoms with van der Waals surface area (Å²) in [6.45, 7) is 2.96. The van der Waals surface area contributed by atoms with Gasteiger partial charge in [-0.25, -0.2) is 0 Å². The molecule has 0 spiro atoms. The van der Waals surface area contributed by atoms with Gasteiger partial charge in [0.15, 0.2) is 0 Å². The highest BCUT2D eigenvalue weighted by atomic mass is 16.5. The van der Waals surface area contributed by atoms with Crippen LogP contribution in [0.1, 0.15) is 48.0 Å². The zero-order valence-electron chi connectivity index (χ0n) is 19.2. The number of morpholine rings is 1. The third-order valence-electron chi connectivity index (χ3n) is 7.00. The van der Waals surface area contributed by atoms with Crippen molar-refractivity contribution in [2.45, 2.75) is 44.6 Å². The Morgan fingerprint density at radius 3 is 2.76 bits per heavy atom. The molecule has 3 N–H and O–H groups in total. The summed E-state index contributed by atoms with van der Waals surface area (Å²) < 4.78 is 11.4. The highest BCUT2D eigenvalue weighted by Gasteiger charge is 2.28. The molecule has 2 fully saturated rings. The minimum atomic E-state index is 0.0413. The summed E-state index contributed by atoms with van der Waals surface area (Å²) in [4.78, 5) is 27.7. The molecule has 1 saturated carbocycles. The molecule has 0 unspecified atom stereocenters. The quantitative estimate of drug-likeness (QED) is 0.529. The SMILES string of the molecule is O=C(c1ccc(Nc2nc(NC3CCCCC3)c3cc[nH]c3n2)c2c1CCO2)N1CCOCC1. The van der Waals surface area contributed by atoms with Gasteiger partial charge in [-0.15, -0.1) is 0 Å². The monoisotopic (exact) mass is 462 g/mol. The molecule has 0 bridgehead atoms. The van der Waals surface area contributed by atoms with Crippen LogP contribution in [0.2, 0.25) is 0 Å². The van der Waals surface area contributed by atoms with Crippen LogP contribution in [0, 0.1) is 0 Å². The first-order chi connectivity index (χ1) is 16.8. The number of benzene rings is 1. The van der Waals surface area contributed by atoms with Crippen LogP contribution < -0.4 is 15.4 Å². The average molecular weight is 463 g/mol. The van der Waals surface area contributed by atoms with E-state index in [-0.39, 0.29) is 5.91 Å². The predicted molar refractivity (Wildman–Crippen MR) is 130 cm³/mol. The van der Waals surface area contributed by atoms with E-state index in [1.807, 2.05) is 29.3 Å². The van der Waals surface area contributed by atoms with Gasteiger partial charge < -0.3 is 30.0 Å². The number of carbonyl (C=O) groups is 1. The van der Waals surface area contributed by atoms with Crippen LogP contribution in [0.15, 0.2) is 24.4 Å². The first kappa shape index (κ1) is 21.2. The van der Waals surface area contributed by atoms with Crippen molar-refractivity contribution in [2.75, 3.05) is 43.5 Å². The fourth-order valence-electron chi connectivity index (χ4n) is 5.20. The second-order valence-corrected chi connectivity index (χ2v) is 9.21. The van der Waals surface area contributed by atoms with Crippen LogP contribution in [-0.4, -0.2) is 64.7 Å². The number of fused-ring (bicyclic) bond motifs is 2. The van der Waals surface area contributed by atoms with Gasteiger partial charge >= 0.3 is 0 Å². The Labute approximate surface area is 198 Å². The Hall–Kier alpha value is -3.33. The normalized spacial score (nSPS) is 18.5. The summed E-state index contributed by atoms with van der Waals surface area (Å²) >= 11 is 0. The van der Waals surface area contributed by atoms with Crippen molar-refractivity contribution < 1.29 is 14.3 Å². The molecule has 1 saturated heterocycles. The summed E-state index contributed by atoms with van der Waals surface area (Å²) in [5, 5.41) is 7.99. The molecule has 2 aliphatic heterocycles. The van der Waals surface area contributed by atoms with Crippen LogP contribution in [0.25, 0.3) is 11.0 Å². The van der Waals surface area contributed by atoms with E-state index in [1.54, 1.807) is 0 Å². The van der Waals surface area contributed by atoms with Crippen molar-refractivity contribution >= 4 is 34.4 Å². The molecular formula is C25H30N6O3. The lowest BCUT2D eigenvalue weighted by molar-refractivity contribution is 0.0302. The minimum Gasteiger partial charge on any atom is -0.491 e. The van der Waals surface area contributed by atoms with E-state index < -0.39 is 0 Å². The fraction of sp³-hybridized carbons (Fsp3) is 0.480. The predicted octanol–water partition coefficient (Wildman–Crippen LogP) is 3.85. The standard InChI is InChI=1S/C25H30N6O3/c32-24(31-11-14-33-15-12-31)18-6-7-20(21-17(18)9-13-34-21)28-25-29-22-19(8-10-26-22)23(30-25)27-16-4-2-1-3-5-16/h6-8,10,16H,1-5,9,11-15H2,(H3,26,27,28,29,30). The van der Waals surface area contributed by atoms with Crippen LogP contribution in [-0.2, 0) is 11.2 Å². The van der Waals surface area contributed by atoms with Gasteiger partial charge in [0, 0.05) is 42.9 Å². The Balaban J connectivity index is 1.29. The van der Waals surface area contributed by atoms with Gasteiger partial charge in [0.2, 0.25) is 5.95 Å². The van der Waals surface area contributed by atoms with E-state index >= 15 is 0 Å². The molecule has 178 valence electrons. The number of nitrogens with zero attached hydrogens (tertiary/aromatic N) is 3. The van der Waals surface area contributed by atoms with Gasteiger partial charge in [0.25, 0.3) is 5.91 Å². The minimum absolute atomic E-state index is 0.0413. The third kappa shape index (κ3) is 4.04. The van der Waals surface area contributed by atoms with Gasteiger partial charge in [-0.1, -0.05) is 19.3 Å². The van der Waals surface area contributed by atoms with E-state index in [1.165, 1.54) is 32.1 Å². The maximum atomic E-state index is 13.1. The van der Waals surface area contributed by atoms with Crippen LogP contribution in [0.5, 0.6) is 5.75 Å². The van der Waals surface area contributed by atoms with E-state index in [9.17, 15) is 4.79 Å². The molecule has 0 atom stereocenters. The first-order valence-corrected chi connectivity index (χ1v) is 12.3. The second-order valence-electron chi connectivity index (χ2n) is 9.21. The lowest BCUT2D eigenvalue weighted by Crippen LogP contribution is -2.41. The molecule has 2 aromatic heterocycles. The molecule has 9 heteroatoms. The zero-order valence-corrected chi connectivity index (χ0v) is 19.2. The number of aromatic nitrogens is 3. The highest BCUT2D eigenvalue weighted by molar-refractivity contribution is 5.98. The number of rotatable bonds is 5. The number of amides is 1. The molecule has 1 aromatic carbocycles. The van der Waals surface area contributed by atoms with Gasteiger partial charge in [0.1, 0.15) is 17.2 Å². The van der Waals surface area contributed by atoms with Gasteiger partial charge in [0.05, 0.1) is 30.9 Å². The van der Waals surface area contributed by atoms with E-state index in [0.29, 0.717) is 56.9 Å². The summed E-state index contributed by atoms with van der Waals surface area (Å²) in [7, 11) is 0. The molecule has 1 amide bonds. The summed E-state index contributed by atoms with van der Waals surface area (Å²) in [5.74, 6) is 2.10. The van der Waals surface area contributed by atoms with Crippen molar-refractivity contribution in [2.24, 2.45) is 0 Å². The Bertz CT molecular complexity index is 1200. The number of anilines is 3. The molecule has 6 rings (SSSR count). The maximum absolute atomic E-state index is 13.1. The van der Waals surface area contributed by atoms with E-state index in [0.717, 1.165) is 33.9 Å². The zero-order chi connectivity index (χ0) is 22.9. The van der Waals surface area contributed by atoms with Crippen LogP contribution >= 0.6 is 0 Å². The Morgan fingerprint density at radius 1 is 1.06 bits per heavy atom. The van der Waals surface area contributed by atoms with Crippen molar-refractivity contribution in [3.05, 3.63) is 35.5 Å². The summed E-state index contributed by atoms with van der Waals surface area (Å²) in [6.07, 6.45) is 8.75. The van der Waals surface area contributed by atoms with Crippen LogP contribution in [0.4, 0.5) is 17.5 Å². The average Bonchev–Trinajstić information content (AvgIpc) is 3.55. The molecule has 1 aliphatic carbocycles. The maximum Gasteiger partial charge on any atom is 0.254 e. The fourth-order valence-corrected chi connectivity index (χ4v) is 5.20. The second kappa shape index (κ2) is 9.13. The Kier molecular flexibility index (Phi) is 5.70. The Morgan fingerprint density at radius 2 is 1.91 bits per heavy atom. The molecule has 3 aliphatic rings. The molecule has 9 nitrogen and oxygen atoms in total. The largest absolute Gasteiger partial charge is 0.491 e. The molecule has 34 heavy (non-hydrogen) atoms. The summed E-state index contributed by atoms with van der Waals surface area (Å²) in [5.41, 5.74) is 3.22. The number of hydrogen-bond acceptors (Lipinski definition) is 7. The first-order valence-electron chi connectivity index (χ1n) is 12.3. The lowest BCUT2D eigenvalue weighted by Gasteiger charge is -2.27. The van der Waals surface area contributed by atoms with Crippen molar-refractivity contribution in [1.82, 2.24) is 19.9 Å². The van der Waals surface area contributed by atoms with Gasteiger partial charge in [-0.3, -0.25) is 4.79 Å². The number of carbonyl (C=O) groups excluding carboxylic acids is 1. The third-order valence-corrected chi connectivity index (χ3v) is 7.00. The topological polar surface area (TPSA) is 104 Å². The number of aromatic amines is 1. The number of hydrogen-bond donors (Lipinski definition) is 3. The van der Waals surface area contributed by atoms with Crippen molar-refractivity contribution in [1.29, 1.82) is 0 Å². The number of ether oxygens (including phenoxy) is 2. The number of nitrogens with one attached hydrogen (secondary N) is 3. The van der Waals surface area contributed by atoms with E-state index in [2.05, 4.69) is 20.6 Å². The molecule has 0 radical (unpaired) electrons. The summed E-state index contributed by atoms with van der Waals surface area (Å²) in [6, 6.07) is 6.24. The number of H-pyrrole nitrogens is 1. The van der Waals surface area contributed by atoms with E-state index in [4.69, 9.17) is 14.5 Å². The van der Waals surface area contributed by atoms with Crippen molar-refractivity contribution in [3.8, 4) is 5.75 Å². The highest BCUT2D eigenvalue weighted by Crippen LogP contribution is 2.38. The van der Waals surface area contributed by atoms with Crippen molar-refractivity contribution in [3.63, 3.8) is 0 Å². The molecule has 4 heterocycles. The van der Waals surface area contributed by atoms with Gasteiger partial charge in [-0.05, 0) is 31.0 Å². The molecular weight excluding hydrogens is 432 g/mol. The van der Waals surface area contributed by atoms with Gasteiger partial charge in [-0.2, -0.15) is 9.97 Å². The molecule has 3 aromatic rings. The lowest BCUT2D eigenvalue weighted by atomic mass is 9.95.